The first-order chi connectivity index (χ1) is 17.6. The molecule has 0 bridgehead atoms. The Balaban J connectivity index is 1.73. The lowest BCUT2D eigenvalue weighted by atomic mass is 9.85. The van der Waals surface area contributed by atoms with Gasteiger partial charge in [-0.3, -0.25) is 9.59 Å². The third kappa shape index (κ3) is 6.21. The number of ether oxygens (including phenoxy) is 1. The van der Waals surface area contributed by atoms with Crippen LogP contribution in [0.2, 0.25) is 0 Å². The van der Waals surface area contributed by atoms with E-state index in [1.165, 1.54) is 25.3 Å². The maximum Gasteiger partial charge on any atom is 0.329 e. The Labute approximate surface area is 227 Å². The quantitative estimate of drug-likeness (QED) is 0.369. The largest absolute Gasteiger partial charge is 0.467 e. The van der Waals surface area contributed by atoms with E-state index in [1.807, 2.05) is 24.3 Å². The smallest absolute Gasteiger partial charge is 0.329 e. The average Bonchev–Trinajstić information content (AvgIpc) is 3.32. The first-order valence-electron chi connectivity index (χ1n) is 12.4. The van der Waals surface area contributed by atoms with Crippen molar-refractivity contribution in [2.24, 2.45) is 5.41 Å². The number of benzene rings is 1. The molecule has 1 aromatic heterocycles. The molecule has 37 heavy (non-hydrogen) atoms. The van der Waals surface area contributed by atoms with Crippen LogP contribution in [0.3, 0.4) is 0 Å². The van der Waals surface area contributed by atoms with Crippen LogP contribution in [-0.2, 0) is 38.5 Å². The molecular formula is C29H33ClN2O4S. The van der Waals surface area contributed by atoms with Gasteiger partial charge >= 0.3 is 5.97 Å². The summed E-state index contributed by atoms with van der Waals surface area (Å²) in [5, 5.41) is 2.46. The molecule has 0 fully saturated rings. The minimum Gasteiger partial charge on any atom is -0.467 e. The fourth-order valence-electron chi connectivity index (χ4n) is 5.14. The molecule has 6 nitrogen and oxygen atoms in total. The van der Waals surface area contributed by atoms with Crippen LogP contribution in [-0.4, -0.2) is 45.8 Å². The summed E-state index contributed by atoms with van der Waals surface area (Å²) in [6, 6.07) is 9.46. The summed E-state index contributed by atoms with van der Waals surface area (Å²) >= 11 is 7.39. The van der Waals surface area contributed by atoms with Crippen molar-refractivity contribution in [1.29, 1.82) is 0 Å². The Hall–Kier alpha value is -2.77. The van der Waals surface area contributed by atoms with E-state index in [0.29, 0.717) is 0 Å². The lowest BCUT2D eigenvalue weighted by molar-refractivity contribution is -0.144. The van der Waals surface area contributed by atoms with Crippen molar-refractivity contribution >= 4 is 45.9 Å². The van der Waals surface area contributed by atoms with Gasteiger partial charge in [0.2, 0.25) is 5.91 Å². The second kappa shape index (κ2) is 11.3. The molecule has 2 heterocycles. The monoisotopic (exact) mass is 540 g/mol. The number of hydrogen-bond donors (Lipinski definition) is 1. The molecule has 0 saturated carbocycles. The standard InChI is InChI=1S/C29H33ClN2O4S/c1-18(33)31-22(28(35)36-4)16-37-25(34)14-23-26(20-10-12-21(30)13-11-20)27(19-8-6-5-7-9-19)24-15-29(2,3)17-32(23)24/h5-12,21-22H,13-17H2,1-4H3,(H,31,33). The molecule has 2 aromatic rings. The van der Waals surface area contributed by atoms with Crippen molar-refractivity contribution in [2.45, 2.75) is 58.0 Å². The number of amides is 1. The normalized spacial score (nSPS) is 18.6. The van der Waals surface area contributed by atoms with Crippen molar-refractivity contribution in [3.63, 3.8) is 0 Å². The van der Waals surface area contributed by atoms with Gasteiger partial charge in [-0.25, -0.2) is 4.79 Å². The third-order valence-corrected chi connectivity index (χ3v) is 7.99. The Morgan fingerprint density at radius 1 is 1.22 bits per heavy atom. The average molecular weight is 541 g/mol. The number of thioether (sulfide) groups is 1. The number of nitrogens with zero attached hydrogens (tertiary/aromatic N) is 1. The fraction of sp³-hybridized carbons (Fsp3) is 0.414. The summed E-state index contributed by atoms with van der Waals surface area (Å²) in [4.78, 5) is 37.0. The summed E-state index contributed by atoms with van der Waals surface area (Å²) in [5.41, 5.74) is 6.76. The van der Waals surface area contributed by atoms with Crippen molar-refractivity contribution in [3.8, 4) is 11.1 Å². The Bertz CT molecular complexity index is 1260. The minimum atomic E-state index is -0.877. The predicted octanol–water partition coefficient (Wildman–Crippen LogP) is 5.17. The number of allylic oxidation sites excluding steroid dienone is 4. The van der Waals surface area contributed by atoms with Gasteiger partial charge in [0.1, 0.15) is 6.04 Å². The first kappa shape index (κ1) is 27.3. The van der Waals surface area contributed by atoms with E-state index in [2.05, 4.69) is 48.0 Å². The molecule has 1 amide bonds. The highest BCUT2D eigenvalue weighted by Crippen LogP contribution is 2.46. The van der Waals surface area contributed by atoms with Crippen LogP contribution in [0.5, 0.6) is 0 Å². The number of fused-ring (bicyclic) bond motifs is 1. The summed E-state index contributed by atoms with van der Waals surface area (Å²) in [6.45, 7) is 6.66. The van der Waals surface area contributed by atoms with E-state index < -0.39 is 12.0 Å². The molecule has 2 unspecified atom stereocenters. The molecular weight excluding hydrogens is 508 g/mol. The van der Waals surface area contributed by atoms with Crippen LogP contribution in [0.1, 0.15) is 44.1 Å². The highest BCUT2D eigenvalue weighted by atomic mass is 35.5. The summed E-state index contributed by atoms with van der Waals surface area (Å²) < 4.78 is 7.12. The van der Waals surface area contributed by atoms with Crippen LogP contribution < -0.4 is 5.32 Å². The molecule has 1 aliphatic carbocycles. The molecule has 0 saturated heterocycles. The fourth-order valence-corrected chi connectivity index (χ4v) is 6.12. The van der Waals surface area contributed by atoms with Gasteiger partial charge < -0.3 is 14.6 Å². The molecule has 4 rings (SSSR count). The molecule has 1 N–H and O–H groups in total. The van der Waals surface area contributed by atoms with E-state index in [-0.39, 0.29) is 34.0 Å². The van der Waals surface area contributed by atoms with Crippen LogP contribution in [0.25, 0.3) is 16.7 Å². The molecule has 0 radical (unpaired) electrons. The molecule has 196 valence electrons. The summed E-state index contributed by atoms with van der Waals surface area (Å²) in [6.07, 6.45) is 8.08. The van der Waals surface area contributed by atoms with Gasteiger partial charge in [-0.05, 0) is 29.4 Å². The number of rotatable bonds is 8. The van der Waals surface area contributed by atoms with Gasteiger partial charge in [-0.15, -0.1) is 11.6 Å². The summed E-state index contributed by atoms with van der Waals surface area (Å²) in [5.74, 6) is -0.804. The topological polar surface area (TPSA) is 77.4 Å². The van der Waals surface area contributed by atoms with E-state index >= 15 is 0 Å². The number of nitrogens with one attached hydrogen (secondary N) is 1. The molecule has 2 aliphatic rings. The van der Waals surface area contributed by atoms with Crippen LogP contribution in [0.15, 0.2) is 48.6 Å². The Morgan fingerprint density at radius 2 is 1.95 bits per heavy atom. The molecule has 1 aliphatic heterocycles. The van der Waals surface area contributed by atoms with Gasteiger partial charge in [0.15, 0.2) is 5.12 Å². The van der Waals surface area contributed by atoms with Crippen molar-refractivity contribution in [2.75, 3.05) is 12.9 Å². The Kier molecular flexibility index (Phi) is 8.34. The van der Waals surface area contributed by atoms with Crippen LogP contribution in [0.4, 0.5) is 0 Å². The lowest BCUT2D eigenvalue weighted by Gasteiger charge is -2.20. The molecule has 1 aromatic carbocycles. The van der Waals surface area contributed by atoms with E-state index in [9.17, 15) is 14.4 Å². The predicted molar refractivity (Wildman–Crippen MR) is 150 cm³/mol. The molecule has 2 atom stereocenters. The SMILES string of the molecule is COC(=O)C(CSC(=O)Cc1c(C2=CCC(Cl)C=C2)c(-c2ccccc2)c2n1CC(C)(C)C2)NC(C)=O. The first-order valence-corrected chi connectivity index (χ1v) is 13.8. The zero-order valence-corrected chi connectivity index (χ0v) is 23.2. The number of methoxy groups -OCH3 is 1. The number of esters is 1. The maximum atomic E-state index is 13.3. The van der Waals surface area contributed by atoms with E-state index in [1.54, 1.807) is 0 Å². The van der Waals surface area contributed by atoms with Crippen molar-refractivity contribution in [3.05, 3.63) is 65.5 Å². The number of aromatic nitrogens is 1. The molecule has 8 heteroatoms. The zero-order valence-electron chi connectivity index (χ0n) is 21.7. The number of halogens is 1. The Morgan fingerprint density at radius 3 is 2.57 bits per heavy atom. The van der Waals surface area contributed by atoms with Gasteiger partial charge in [-0.2, -0.15) is 0 Å². The zero-order chi connectivity index (χ0) is 26.7. The highest BCUT2D eigenvalue weighted by molar-refractivity contribution is 8.13. The van der Waals surface area contributed by atoms with Gasteiger partial charge in [-0.1, -0.05) is 74.2 Å². The third-order valence-electron chi connectivity index (χ3n) is 6.70. The number of carbonyl (C=O) groups excluding carboxylic acids is 3. The van der Waals surface area contributed by atoms with Gasteiger partial charge in [0.05, 0.1) is 18.9 Å². The number of carbonyl (C=O) groups is 3. The lowest BCUT2D eigenvalue weighted by Crippen LogP contribution is -2.42. The number of alkyl halides is 1. The maximum absolute atomic E-state index is 13.3. The van der Waals surface area contributed by atoms with Gasteiger partial charge in [0, 0.05) is 41.7 Å². The van der Waals surface area contributed by atoms with E-state index in [4.69, 9.17) is 16.3 Å². The second-order valence-electron chi connectivity index (χ2n) is 10.3. The van der Waals surface area contributed by atoms with Crippen molar-refractivity contribution in [1.82, 2.24) is 9.88 Å². The minimum absolute atomic E-state index is 0.0398. The highest BCUT2D eigenvalue weighted by Gasteiger charge is 2.37. The number of hydrogen-bond acceptors (Lipinski definition) is 5. The van der Waals surface area contributed by atoms with Crippen molar-refractivity contribution < 1.29 is 19.1 Å². The van der Waals surface area contributed by atoms with Gasteiger partial charge in [0.25, 0.3) is 0 Å². The second-order valence-corrected chi connectivity index (χ2v) is 12.0. The van der Waals surface area contributed by atoms with Crippen LogP contribution in [0, 0.1) is 5.41 Å². The molecule has 0 spiro atoms. The van der Waals surface area contributed by atoms with Crippen LogP contribution >= 0.6 is 23.4 Å². The van der Waals surface area contributed by atoms with E-state index in [0.717, 1.165) is 53.5 Å². The summed E-state index contributed by atoms with van der Waals surface area (Å²) in [7, 11) is 1.27.